The van der Waals surface area contributed by atoms with E-state index in [0.29, 0.717) is 34.1 Å². The van der Waals surface area contributed by atoms with Crippen molar-refractivity contribution in [1.29, 1.82) is 0 Å². The molecule has 0 spiro atoms. The molecule has 0 unspecified atom stereocenters. The van der Waals surface area contributed by atoms with Gasteiger partial charge in [-0.15, -0.1) is 16.4 Å². The number of thiazole rings is 1. The molecule has 0 radical (unpaired) electrons. The van der Waals surface area contributed by atoms with Crippen LogP contribution in [0.15, 0.2) is 52.7 Å². The molecule has 0 atom stereocenters. The molecule has 156 valence electrons. The second-order valence-electron chi connectivity index (χ2n) is 6.65. The van der Waals surface area contributed by atoms with Gasteiger partial charge in [0.25, 0.3) is 0 Å². The summed E-state index contributed by atoms with van der Waals surface area (Å²) in [5, 5.41) is 6.34. The molecule has 2 aromatic heterocycles. The number of benzene rings is 2. The lowest BCUT2D eigenvalue weighted by molar-refractivity contribution is 0.414. The molecule has 4 rings (SSSR count). The molecule has 0 fully saturated rings. The Morgan fingerprint density at radius 3 is 2.80 bits per heavy atom. The number of aromatic nitrogens is 3. The van der Waals surface area contributed by atoms with Crippen molar-refractivity contribution in [2.75, 3.05) is 13.7 Å². The van der Waals surface area contributed by atoms with Gasteiger partial charge in [0.1, 0.15) is 11.6 Å². The van der Waals surface area contributed by atoms with E-state index >= 15 is 0 Å². The smallest absolute Gasteiger partial charge is 0.240 e. The molecule has 0 saturated carbocycles. The molecule has 0 aliphatic rings. The minimum absolute atomic E-state index is 0.203. The number of hydrogen-bond donors (Lipinski definition) is 1. The summed E-state index contributed by atoms with van der Waals surface area (Å²) in [6.45, 7) is 1.93. The van der Waals surface area contributed by atoms with Gasteiger partial charge in [-0.2, -0.15) is 4.98 Å². The first-order valence-electron chi connectivity index (χ1n) is 9.11. The first-order valence-corrected chi connectivity index (χ1v) is 11.5. The molecular weight excluding hydrogens is 427 g/mol. The van der Waals surface area contributed by atoms with Crippen LogP contribution < -0.4 is 9.46 Å². The molecule has 7 nitrogen and oxygen atoms in total. The Bertz CT molecular complexity index is 1310. The molecule has 2 heterocycles. The number of halogens is 1. The number of sulfonamides is 1. The zero-order chi connectivity index (χ0) is 21.3. The number of rotatable bonds is 7. The Balaban J connectivity index is 1.49. The van der Waals surface area contributed by atoms with Gasteiger partial charge in [-0.1, -0.05) is 12.1 Å². The van der Waals surface area contributed by atoms with Crippen molar-refractivity contribution < 1.29 is 17.5 Å². The Morgan fingerprint density at radius 2 is 2.07 bits per heavy atom. The normalized spacial score (nSPS) is 11.8. The van der Waals surface area contributed by atoms with E-state index in [4.69, 9.17) is 4.74 Å². The fraction of sp³-hybridized carbons (Fsp3) is 0.200. The first-order chi connectivity index (χ1) is 14.4. The van der Waals surface area contributed by atoms with E-state index in [9.17, 15) is 12.8 Å². The summed E-state index contributed by atoms with van der Waals surface area (Å²) in [6, 6.07) is 10.9. The van der Waals surface area contributed by atoms with Crippen molar-refractivity contribution >= 4 is 26.3 Å². The molecule has 10 heteroatoms. The van der Waals surface area contributed by atoms with Gasteiger partial charge in [0, 0.05) is 23.9 Å². The van der Waals surface area contributed by atoms with E-state index in [2.05, 4.69) is 14.8 Å². The summed E-state index contributed by atoms with van der Waals surface area (Å²) in [6.07, 6.45) is 0.431. The predicted octanol–water partition coefficient (Wildman–Crippen LogP) is 3.43. The third kappa shape index (κ3) is 4.07. The van der Waals surface area contributed by atoms with Crippen molar-refractivity contribution in [1.82, 2.24) is 19.3 Å². The lowest BCUT2D eigenvalue weighted by atomic mass is 10.2. The largest absolute Gasteiger partial charge is 0.497 e. The highest BCUT2D eigenvalue weighted by Crippen LogP contribution is 2.23. The van der Waals surface area contributed by atoms with Crippen molar-refractivity contribution in [2.24, 2.45) is 0 Å². The molecule has 0 aliphatic carbocycles. The van der Waals surface area contributed by atoms with Crippen LogP contribution in [-0.2, 0) is 16.4 Å². The minimum Gasteiger partial charge on any atom is -0.497 e. The van der Waals surface area contributed by atoms with Crippen LogP contribution in [0.4, 0.5) is 4.39 Å². The summed E-state index contributed by atoms with van der Waals surface area (Å²) in [5.41, 5.74) is 2.02. The Kier molecular flexibility index (Phi) is 5.54. The maximum atomic E-state index is 13.5. The van der Waals surface area contributed by atoms with Crippen LogP contribution in [0.3, 0.4) is 0 Å². The zero-order valence-electron chi connectivity index (χ0n) is 16.3. The fourth-order valence-electron chi connectivity index (χ4n) is 3.09. The van der Waals surface area contributed by atoms with Crippen LogP contribution in [0.5, 0.6) is 5.75 Å². The van der Waals surface area contributed by atoms with Gasteiger partial charge in [0.15, 0.2) is 5.82 Å². The van der Waals surface area contributed by atoms with Crippen molar-refractivity contribution in [3.63, 3.8) is 0 Å². The van der Waals surface area contributed by atoms with Gasteiger partial charge in [-0.25, -0.2) is 22.0 Å². The second-order valence-corrected chi connectivity index (χ2v) is 9.22. The van der Waals surface area contributed by atoms with Gasteiger partial charge in [0.05, 0.1) is 17.7 Å². The van der Waals surface area contributed by atoms with Gasteiger partial charge in [-0.3, -0.25) is 0 Å². The predicted molar refractivity (Wildman–Crippen MR) is 113 cm³/mol. The second kappa shape index (κ2) is 8.13. The standard InChI is InChI=1S/C20H19FN4O3S2/c1-13-10-17(28-2)6-7-18(13)30(26,27)22-9-8-16-12-29-20-23-19(24-25(16)20)14-4-3-5-15(21)11-14/h3-7,10-12,22H,8-9H2,1-2H3. The number of nitrogens with zero attached hydrogens (tertiary/aromatic N) is 3. The van der Waals surface area contributed by atoms with E-state index in [1.54, 1.807) is 35.7 Å². The molecule has 30 heavy (non-hydrogen) atoms. The average Bonchev–Trinajstić information content (AvgIpc) is 3.29. The highest BCUT2D eigenvalue weighted by molar-refractivity contribution is 7.89. The van der Waals surface area contributed by atoms with Gasteiger partial charge < -0.3 is 4.74 Å². The highest BCUT2D eigenvalue weighted by atomic mass is 32.2. The highest BCUT2D eigenvalue weighted by Gasteiger charge is 2.18. The molecule has 4 aromatic rings. The average molecular weight is 447 g/mol. The zero-order valence-corrected chi connectivity index (χ0v) is 17.9. The SMILES string of the molecule is COc1ccc(S(=O)(=O)NCCc2csc3nc(-c4cccc(F)c4)nn23)c(C)c1. The summed E-state index contributed by atoms with van der Waals surface area (Å²) < 4.78 is 48.2. The van der Waals surface area contributed by atoms with Crippen LogP contribution in [0, 0.1) is 12.7 Å². The van der Waals surface area contributed by atoms with Crippen molar-refractivity contribution in [2.45, 2.75) is 18.2 Å². The number of fused-ring (bicyclic) bond motifs is 1. The van der Waals surface area contributed by atoms with Crippen molar-refractivity contribution in [3.05, 3.63) is 64.9 Å². The number of aryl methyl sites for hydroxylation is 1. The summed E-state index contributed by atoms with van der Waals surface area (Å²) in [5.74, 6) is 0.679. The Morgan fingerprint density at radius 1 is 1.23 bits per heavy atom. The lowest BCUT2D eigenvalue weighted by Gasteiger charge is -2.10. The molecule has 0 saturated heterocycles. The minimum atomic E-state index is -3.65. The number of methoxy groups -OCH3 is 1. The molecule has 2 aromatic carbocycles. The van der Waals surface area contributed by atoms with E-state index < -0.39 is 10.0 Å². The van der Waals surface area contributed by atoms with Crippen LogP contribution in [0.1, 0.15) is 11.3 Å². The molecular formula is C20H19FN4O3S2. The van der Waals surface area contributed by atoms with Crippen LogP contribution in [0.25, 0.3) is 16.3 Å². The van der Waals surface area contributed by atoms with Crippen LogP contribution in [-0.4, -0.2) is 36.7 Å². The third-order valence-corrected chi connectivity index (χ3v) is 7.06. The summed E-state index contributed by atoms with van der Waals surface area (Å²) in [4.78, 5) is 5.31. The van der Waals surface area contributed by atoms with Gasteiger partial charge in [0.2, 0.25) is 15.0 Å². The van der Waals surface area contributed by atoms with Crippen molar-refractivity contribution in [3.8, 4) is 17.1 Å². The fourth-order valence-corrected chi connectivity index (χ4v) is 5.20. The Labute approximate surface area is 177 Å². The van der Waals surface area contributed by atoms with E-state index in [0.717, 1.165) is 5.69 Å². The molecule has 1 N–H and O–H groups in total. The maximum absolute atomic E-state index is 13.5. The number of ether oxygens (including phenoxy) is 1. The molecule has 0 bridgehead atoms. The van der Waals surface area contributed by atoms with Gasteiger partial charge >= 0.3 is 0 Å². The summed E-state index contributed by atoms with van der Waals surface area (Å²) in [7, 11) is -2.12. The monoisotopic (exact) mass is 446 g/mol. The quantitative estimate of drug-likeness (QED) is 0.470. The lowest BCUT2D eigenvalue weighted by Crippen LogP contribution is -2.27. The topological polar surface area (TPSA) is 85.6 Å². The first kappa shape index (κ1) is 20.5. The van der Waals surface area contributed by atoms with Crippen LogP contribution >= 0.6 is 11.3 Å². The van der Waals surface area contributed by atoms with E-state index in [1.807, 2.05) is 5.38 Å². The number of nitrogens with one attached hydrogen (secondary N) is 1. The van der Waals surface area contributed by atoms with Crippen LogP contribution in [0.2, 0.25) is 0 Å². The number of hydrogen-bond acceptors (Lipinski definition) is 6. The molecule has 0 amide bonds. The van der Waals surface area contributed by atoms with E-state index in [-0.39, 0.29) is 17.3 Å². The summed E-state index contributed by atoms with van der Waals surface area (Å²) >= 11 is 1.40. The Hall–Kier alpha value is -2.82. The van der Waals surface area contributed by atoms with Gasteiger partial charge in [-0.05, 0) is 42.8 Å². The maximum Gasteiger partial charge on any atom is 0.240 e. The van der Waals surface area contributed by atoms with E-state index in [1.165, 1.54) is 36.6 Å². The molecule has 0 aliphatic heterocycles. The third-order valence-electron chi connectivity index (χ3n) is 4.58.